The lowest BCUT2D eigenvalue weighted by atomic mass is 10.1. The molecule has 108 valence electrons. The largest absolute Gasteiger partial charge is 0.393 e. The van der Waals surface area contributed by atoms with Crippen molar-refractivity contribution in [3.8, 4) is 0 Å². The molecule has 0 aromatic carbocycles. The third kappa shape index (κ3) is 2.25. The molecular formula is C14H21N5O. The molecule has 0 amide bonds. The Morgan fingerprint density at radius 3 is 2.95 bits per heavy atom. The molecule has 1 aliphatic carbocycles. The van der Waals surface area contributed by atoms with Gasteiger partial charge in [-0.3, -0.25) is 0 Å². The second kappa shape index (κ2) is 5.03. The van der Waals surface area contributed by atoms with Gasteiger partial charge in [0.15, 0.2) is 0 Å². The molecular weight excluding hydrogens is 254 g/mol. The lowest BCUT2D eigenvalue weighted by molar-refractivity contribution is 0.114. The summed E-state index contributed by atoms with van der Waals surface area (Å²) < 4.78 is 2.13. The summed E-state index contributed by atoms with van der Waals surface area (Å²) in [7, 11) is 4.08. The molecule has 2 aromatic rings. The molecule has 0 bridgehead atoms. The lowest BCUT2D eigenvalue weighted by Gasteiger charge is -2.19. The molecule has 0 saturated heterocycles. The van der Waals surface area contributed by atoms with Crippen LogP contribution in [0.15, 0.2) is 18.6 Å². The average molecular weight is 275 g/mol. The van der Waals surface area contributed by atoms with Gasteiger partial charge in [0.05, 0.1) is 11.5 Å². The zero-order valence-electron chi connectivity index (χ0n) is 11.9. The maximum Gasteiger partial charge on any atom is 0.145 e. The highest BCUT2D eigenvalue weighted by Gasteiger charge is 2.34. The van der Waals surface area contributed by atoms with Gasteiger partial charge in [-0.15, -0.1) is 0 Å². The highest BCUT2D eigenvalue weighted by atomic mass is 16.3. The number of rotatable bonds is 3. The van der Waals surface area contributed by atoms with Crippen LogP contribution < -0.4 is 5.73 Å². The van der Waals surface area contributed by atoms with Crippen LogP contribution in [0.4, 0.5) is 5.82 Å². The Morgan fingerprint density at radius 1 is 1.40 bits per heavy atom. The van der Waals surface area contributed by atoms with Gasteiger partial charge in [0.1, 0.15) is 17.8 Å². The van der Waals surface area contributed by atoms with Crippen molar-refractivity contribution in [1.29, 1.82) is 0 Å². The van der Waals surface area contributed by atoms with E-state index in [4.69, 9.17) is 5.73 Å². The van der Waals surface area contributed by atoms with E-state index in [0.29, 0.717) is 11.7 Å². The molecule has 1 saturated carbocycles. The Kier molecular flexibility index (Phi) is 3.35. The van der Waals surface area contributed by atoms with Gasteiger partial charge < -0.3 is 20.3 Å². The van der Waals surface area contributed by atoms with Crippen LogP contribution in [0.25, 0.3) is 11.0 Å². The summed E-state index contributed by atoms with van der Waals surface area (Å²) in [5.74, 6) is 0.823. The number of fused-ring (bicyclic) bond motifs is 1. The van der Waals surface area contributed by atoms with Gasteiger partial charge in [-0.05, 0) is 38.9 Å². The van der Waals surface area contributed by atoms with Crippen LogP contribution in [0.3, 0.4) is 0 Å². The fourth-order valence-electron chi connectivity index (χ4n) is 3.25. The topological polar surface area (TPSA) is 80.2 Å². The Bertz CT molecular complexity index is 609. The molecule has 0 spiro atoms. The number of hydrogen-bond donors (Lipinski definition) is 2. The van der Waals surface area contributed by atoms with E-state index in [0.717, 1.165) is 30.4 Å². The summed E-state index contributed by atoms with van der Waals surface area (Å²) in [6, 6.07) is 2.23. The van der Waals surface area contributed by atoms with E-state index in [-0.39, 0.29) is 12.1 Å². The minimum Gasteiger partial charge on any atom is -0.393 e. The van der Waals surface area contributed by atoms with Gasteiger partial charge in [0.2, 0.25) is 0 Å². The molecule has 0 aliphatic heterocycles. The first-order valence-electron chi connectivity index (χ1n) is 6.96. The van der Waals surface area contributed by atoms with E-state index in [1.165, 1.54) is 6.33 Å². The minimum atomic E-state index is -0.251. The van der Waals surface area contributed by atoms with Gasteiger partial charge in [-0.25, -0.2) is 9.97 Å². The molecule has 2 aromatic heterocycles. The van der Waals surface area contributed by atoms with E-state index in [1.807, 2.05) is 26.4 Å². The predicted molar refractivity (Wildman–Crippen MR) is 78.3 cm³/mol. The standard InChI is InChI=1S/C14H21N5O/c1-18(2)7-9-5-10(6-12(9)20)19-4-3-11-13(15)16-8-17-14(11)19/h3-4,8-10,12,20H,5-7H2,1-2H3,(H2,15,16,17). The van der Waals surface area contributed by atoms with Gasteiger partial charge in [0, 0.05) is 18.8 Å². The number of anilines is 1. The Balaban J connectivity index is 1.88. The lowest BCUT2D eigenvalue weighted by Crippen LogP contribution is -2.26. The summed E-state index contributed by atoms with van der Waals surface area (Å²) in [5.41, 5.74) is 6.73. The maximum absolute atomic E-state index is 10.2. The molecule has 6 heteroatoms. The SMILES string of the molecule is CN(C)CC1CC(n2ccc3c(N)ncnc32)CC1O. The fourth-order valence-corrected chi connectivity index (χ4v) is 3.25. The van der Waals surface area contributed by atoms with Crippen LogP contribution in [-0.4, -0.2) is 51.3 Å². The Morgan fingerprint density at radius 2 is 2.20 bits per heavy atom. The summed E-state index contributed by atoms with van der Waals surface area (Å²) in [6.45, 7) is 0.911. The van der Waals surface area contributed by atoms with Crippen molar-refractivity contribution < 1.29 is 5.11 Å². The van der Waals surface area contributed by atoms with E-state index in [2.05, 4.69) is 19.4 Å². The number of nitrogens with zero attached hydrogens (tertiary/aromatic N) is 4. The molecule has 2 heterocycles. The highest BCUT2D eigenvalue weighted by Crippen LogP contribution is 2.37. The van der Waals surface area contributed by atoms with E-state index >= 15 is 0 Å². The van der Waals surface area contributed by atoms with Gasteiger partial charge >= 0.3 is 0 Å². The number of aromatic nitrogens is 3. The van der Waals surface area contributed by atoms with E-state index < -0.39 is 0 Å². The van der Waals surface area contributed by atoms with Crippen LogP contribution in [0.1, 0.15) is 18.9 Å². The normalized spacial score (nSPS) is 26.7. The van der Waals surface area contributed by atoms with Crippen molar-refractivity contribution in [1.82, 2.24) is 19.4 Å². The highest BCUT2D eigenvalue weighted by molar-refractivity contribution is 5.86. The van der Waals surface area contributed by atoms with Crippen LogP contribution in [0, 0.1) is 5.92 Å². The van der Waals surface area contributed by atoms with E-state index in [9.17, 15) is 5.11 Å². The quantitative estimate of drug-likeness (QED) is 0.869. The van der Waals surface area contributed by atoms with Crippen molar-refractivity contribution in [3.63, 3.8) is 0 Å². The summed E-state index contributed by atoms with van der Waals surface area (Å²) in [6.07, 6.45) is 4.99. The second-order valence-corrected chi connectivity index (χ2v) is 5.93. The van der Waals surface area contributed by atoms with Crippen LogP contribution in [0.2, 0.25) is 0 Å². The molecule has 3 unspecified atom stereocenters. The molecule has 20 heavy (non-hydrogen) atoms. The van der Waals surface area contributed by atoms with Gasteiger partial charge in [0.25, 0.3) is 0 Å². The number of nitrogen functional groups attached to an aromatic ring is 1. The number of nitrogens with two attached hydrogens (primary N) is 1. The first-order chi connectivity index (χ1) is 9.56. The third-order valence-corrected chi connectivity index (χ3v) is 4.17. The van der Waals surface area contributed by atoms with Crippen LogP contribution in [0.5, 0.6) is 0 Å². The van der Waals surface area contributed by atoms with Crippen molar-refractivity contribution >= 4 is 16.9 Å². The van der Waals surface area contributed by atoms with Crippen molar-refractivity contribution in [2.75, 3.05) is 26.4 Å². The first-order valence-corrected chi connectivity index (χ1v) is 6.96. The fraction of sp³-hybridized carbons (Fsp3) is 0.571. The van der Waals surface area contributed by atoms with Gasteiger partial charge in [-0.2, -0.15) is 0 Å². The smallest absolute Gasteiger partial charge is 0.145 e. The zero-order valence-corrected chi connectivity index (χ0v) is 11.9. The van der Waals surface area contributed by atoms with Crippen molar-refractivity contribution in [3.05, 3.63) is 18.6 Å². The molecule has 0 radical (unpaired) electrons. The Labute approximate surface area is 118 Å². The molecule has 6 nitrogen and oxygen atoms in total. The van der Waals surface area contributed by atoms with E-state index in [1.54, 1.807) is 0 Å². The molecule has 1 fully saturated rings. The summed E-state index contributed by atoms with van der Waals surface area (Å²) >= 11 is 0. The maximum atomic E-state index is 10.2. The molecule has 1 aliphatic rings. The van der Waals surface area contributed by atoms with Crippen molar-refractivity contribution in [2.45, 2.75) is 25.0 Å². The predicted octanol–water partition coefficient (Wildman–Crippen LogP) is 0.887. The van der Waals surface area contributed by atoms with Crippen LogP contribution in [-0.2, 0) is 0 Å². The molecule has 3 N–H and O–H groups in total. The summed E-state index contributed by atoms with van der Waals surface area (Å²) in [4.78, 5) is 10.5. The summed E-state index contributed by atoms with van der Waals surface area (Å²) in [5, 5.41) is 11.1. The molecule has 3 rings (SSSR count). The Hall–Kier alpha value is -1.66. The van der Waals surface area contributed by atoms with Crippen LogP contribution >= 0.6 is 0 Å². The van der Waals surface area contributed by atoms with Crippen molar-refractivity contribution in [2.24, 2.45) is 5.92 Å². The third-order valence-electron chi connectivity index (χ3n) is 4.17. The minimum absolute atomic E-state index is 0.251. The number of aliphatic hydroxyl groups excluding tert-OH is 1. The average Bonchev–Trinajstić information content (AvgIpc) is 2.94. The monoisotopic (exact) mass is 275 g/mol. The molecule has 3 atom stereocenters. The number of hydrogen-bond acceptors (Lipinski definition) is 5. The second-order valence-electron chi connectivity index (χ2n) is 5.93. The van der Waals surface area contributed by atoms with Gasteiger partial charge in [-0.1, -0.05) is 0 Å². The zero-order chi connectivity index (χ0) is 14.3. The first kappa shape index (κ1) is 13.3. The number of aliphatic hydroxyl groups is 1.